The first-order chi connectivity index (χ1) is 26.4. The molecule has 1 fully saturated rings. The molecule has 0 aliphatic heterocycles. The fraction of sp³-hybridized carbons (Fsp3) is 0.851. The Morgan fingerprint density at radius 3 is 1.83 bits per heavy atom. The van der Waals surface area contributed by atoms with E-state index in [0.29, 0.717) is 32.4 Å². The van der Waals surface area contributed by atoms with Crippen LogP contribution in [0.5, 0.6) is 0 Å². The van der Waals surface area contributed by atoms with Gasteiger partial charge in [-0.3, -0.25) is 14.4 Å². The number of hydrogen-bond donors (Lipinski definition) is 1. The molecule has 1 unspecified atom stereocenters. The predicted molar refractivity (Wildman–Crippen MR) is 230 cm³/mol. The van der Waals surface area contributed by atoms with Gasteiger partial charge in [0.2, 0.25) is 11.8 Å². The van der Waals surface area contributed by atoms with Crippen LogP contribution in [0, 0.1) is 0 Å². The van der Waals surface area contributed by atoms with Gasteiger partial charge in [-0.05, 0) is 104 Å². The molecule has 0 aromatic carbocycles. The highest BCUT2D eigenvalue weighted by molar-refractivity contribution is 5.87. The maximum Gasteiger partial charge on any atom is 0.305 e. The van der Waals surface area contributed by atoms with Crippen LogP contribution in [0.15, 0.2) is 24.3 Å². The van der Waals surface area contributed by atoms with Crippen LogP contribution in [-0.4, -0.2) is 73.5 Å². The molecule has 0 heterocycles. The van der Waals surface area contributed by atoms with Crippen LogP contribution in [0.4, 0.5) is 0 Å². The van der Waals surface area contributed by atoms with Gasteiger partial charge in [-0.15, -0.1) is 0 Å². The third-order valence-electron chi connectivity index (χ3n) is 10.9. The number of amides is 2. The van der Waals surface area contributed by atoms with Crippen LogP contribution in [0.1, 0.15) is 213 Å². The van der Waals surface area contributed by atoms with Gasteiger partial charge < -0.3 is 19.9 Å². The Kier molecular flexibility index (Phi) is 33.7. The summed E-state index contributed by atoms with van der Waals surface area (Å²) >= 11 is 0. The van der Waals surface area contributed by atoms with Gasteiger partial charge in [-0.1, -0.05) is 141 Å². The van der Waals surface area contributed by atoms with Crippen LogP contribution in [0.25, 0.3) is 0 Å². The summed E-state index contributed by atoms with van der Waals surface area (Å²) in [5, 5.41) is 3.36. The summed E-state index contributed by atoms with van der Waals surface area (Å²) in [6.45, 7) is 6.42. The van der Waals surface area contributed by atoms with Gasteiger partial charge in [0, 0.05) is 25.4 Å². The van der Waals surface area contributed by atoms with E-state index in [1.165, 1.54) is 83.5 Å². The Labute approximate surface area is 334 Å². The zero-order valence-corrected chi connectivity index (χ0v) is 36.0. The van der Waals surface area contributed by atoms with Crippen molar-refractivity contribution < 1.29 is 19.1 Å². The maximum absolute atomic E-state index is 13.9. The molecule has 0 aromatic heterocycles. The Hall–Kier alpha value is -2.15. The van der Waals surface area contributed by atoms with Crippen molar-refractivity contribution in [3.05, 3.63) is 24.3 Å². The van der Waals surface area contributed by atoms with E-state index in [2.05, 4.69) is 62.5 Å². The number of carbonyl (C=O) groups excluding carboxylic acids is 3. The second-order valence-electron chi connectivity index (χ2n) is 16.4. The van der Waals surface area contributed by atoms with Crippen molar-refractivity contribution in [1.82, 2.24) is 15.1 Å². The van der Waals surface area contributed by atoms with Crippen molar-refractivity contribution >= 4 is 17.8 Å². The first kappa shape index (κ1) is 49.9. The quantitative estimate of drug-likeness (QED) is 0.0391. The van der Waals surface area contributed by atoms with Gasteiger partial charge in [0.05, 0.1) is 6.61 Å². The molecule has 0 saturated heterocycles. The predicted octanol–water partition coefficient (Wildman–Crippen LogP) is 12.0. The van der Waals surface area contributed by atoms with Crippen molar-refractivity contribution in [2.45, 2.75) is 225 Å². The molecule has 1 N–H and O–H groups in total. The topological polar surface area (TPSA) is 79.0 Å². The molecule has 7 nitrogen and oxygen atoms in total. The highest BCUT2D eigenvalue weighted by Crippen LogP contribution is 2.20. The number of esters is 1. The number of rotatable bonds is 36. The average molecular weight is 758 g/mol. The zero-order chi connectivity index (χ0) is 39.3. The molecule has 0 bridgehead atoms. The monoisotopic (exact) mass is 758 g/mol. The molecule has 1 saturated carbocycles. The van der Waals surface area contributed by atoms with Crippen LogP contribution in [0.2, 0.25) is 0 Å². The first-order valence-corrected chi connectivity index (χ1v) is 23.1. The van der Waals surface area contributed by atoms with E-state index >= 15 is 0 Å². The van der Waals surface area contributed by atoms with E-state index < -0.39 is 6.04 Å². The summed E-state index contributed by atoms with van der Waals surface area (Å²) in [6, 6.07) is -0.223. The molecule has 1 aliphatic carbocycles. The molecular weight excluding hydrogens is 671 g/mol. The van der Waals surface area contributed by atoms with Crippen LogP contribution < -0.4 is 5.32 Å². The number of carbonyl (C=O) groups is 3. The van der Waals surface area contributed by atoms with Crippen molar-refractivity contribution in [3.63, 3.8) is 0 Å². The minimum atomic E-state index is -0.441. The van der Waals surface area contributed by atoms with Crippen LogP contribution in [0.3, 0.4) is 0 Å². The number of unbranched alkanes of at least 4 members (excludes halogenated alkanes) is 17. The summed E-state index contributed by atoms with van der Waals surface area (Å²) in [7, 11) is 4.12. The van der Waals surface area contributed by atoms with Gasteiger partial charge in [-0.25, -0.2) is 0 Å². The van der Waals surface area contributed by atoms with Crippen LogP contribution >= 0.6 is 0 Å². The minimum Gasteiger partial charge on any atom is -0.466 e. The standard InChI is InChI=1S/C47H87N3O4/c1-5-7-9-11-13-15-16-17-18-19-20-21-22-24-31-38-45(51)50(41-34-40-49(3)4)44(47(53)48-43-35-28-26-29-36-43)37-30-27-33-42-54-46(52)39-32-25-23-14-12-10-8-6-2/h13,15,17-18,43-44H,5-12,14,16,19-42H2,1-4H3,(H,48,53)/b15-13-,18-17-. The number of hydrogen-bond acceptors (Lipinski definition) is 5. The lowest BCUT2D eigenvalue weighted by atomic mass is 9.95. The molecule has 7 heteroatoms. The van der Waals surface area contributed by atoms with Gasteiger partial charge in [0.15, 0.2) is 0 Å². The number of allylic oxidation sites excluding steroid dienone is 4. The summed E-state index contributed by atoms with van der Waals surface area (Å²) in [5.41, 5.74) is 0. The number of nitrogens with one attached hydrogen (secondary N) is 1. The van der Waals surface area contributed by atoms with Gasteiger partial charge >= 0.3 is 5.97 Å². The molecule has 0 aromatic rings. The fourth-order valence-corrected chi connectivity index (χ4v) is 7.49. The SMILES string of the molecule is CCCCC/C=C\C/C=C\CCCCCCCC(=O)N(CCCN(C)C)C(CCCCCOC(=O)CCCCCCCCCC)C(=O)NC1CCCCC1. The van der Waals surface area contributed by atoms with Gasteiger partial charge in [0.25, 0.3) is 0 Å². The normalized spacial score (nSPS) is 14.3. The van der Waals surface area contributed by atoms with Crippen molar-refractivity contribution in [2.75, 3.05) is 33.8 Å². The van der Waals surface area contributed by atoms with E-state index in [1.54, 1.807) is 0 Å². The highest BCUT2D eigenvalue weighted by atomic mass is 16.5. The fourth-order valence-electron chi connectivity index (χ4n) is 7.49. The Morgan fingerprint density at radius 1 is 0.630 bits per heavy atom. The summed E-state index contributed by atoms with van der Waals surface area (Å²) in [4.78, 5) is 44.1. The van der Waals surface area contributed by atoms with Gasteiger partial charge in [-0.2, -0.15) is 0 Å². The van der Waals surface area contributed by atoms with Crippen LogP contribution in [-0.2, 0) is 19.1 Å². The Bertz CT molecular complexity index is 959. The summed E-state index contributed by atoms with van der Waals surface area (Å²) < 4.78 is 5.54. The van der Waals surface area contributed by atoms with Crippen molar-refractivity contribution in [3.8, 4) is 0 Å². The summed E-state index contributed by atoms with van der Waals surface area (Å²) in [6.07, 6.45) is 42.3. The second-order valence-corrected chi connectivity index (χ2v) is 16.4. The molecule has 0 radical (unpaired) electrons. The van der Waals surface area contributed by atoms with Crippen molar-refractivity contribution in [1.29, 1.82) is 0 Å². The van der Waals surface area contributed by atoms with E-state index in [-0.39, 0.29) is 23.8 Å². The lowest BCUT2D eigenvalue weighted by molar-refractivity contribution is -0.144. The number of nitrogens with zero attached hydrogens (tertiary/aromatic N) is 2. The molecular formula is C47H87N3O4. The van der Waals surface area contributed by atoms with E-state index in [0.717, 1.165) is 103 Å². The largest absolute Gasteiger partial charge is 0.466 e. The lowest BCUT2D eigenvalue weighted by Gasteiger charge is -2.33. The number of ether oxygens (including phenoxy) is 1. The smallest absolute Gasteiger partial charge is 0.305 e. The Morgan fingerprint density at radius 2 is 1.19 bits per heavy atom. The lowest BCUT2D eigenvalue weighted by Crippen LogP contribution is -2.52. The maximum atomic E-state index is 13.9. The second kappa shape index (κ2) is 36.5. The van der Waals surface area contributed by atoms with E-state index in [4.69, 9.17) is 4.74 Å². The molecule has 54 heavy (non-hydrogen) atoms. The van der Waals surface area contributed by atoms with Crippen molar-refractivity contribution in [2.24, 2.45) is 0 Å². The zero-order valence-electron chi connectivity index (χ0n) is 36.0. The molecule has 1 atom stereocenters. The third kappa shape index (κ3) is 29.2. The molecule has 2 amide bonds. The molecule has 1 rings (SSSR count). The summed E-state index contributed by atoms with van der Waals surface area (Å²) in [5.74, 6) is 0.0618. The van der Waals surface area contributed by atoms with E-state index in [1.807, 2.05) is 4.90 Å². The molecule has 1 aliphatic rings. The van der Waals surface area contributed by atoms with Gasteiger partial charge in [0.1, 0.15) is 6.04 Å². The Balaban J connectivity index is 2.56. The minimum absolute atomic E-state index is 0.0249. The molecule has 314 valence electrons. The molecule has 0 spiro atoms. The van der Waals surface area contributed by atoms with E-state index in [9.17, 15) is 14.4 Å². The first-order valence-electron chi connectivity index (χ1n) is 23.1. The highest BCUT2D eigenvalue weighted by Gasteiger charge is 2.30. The average Bonchev–Trinajstić information content (AvgIpc) is 3.16. The third-order valence-corrected chi connectivity index (χ3v) is 10.9.